The number of pyridine rings is 1. The molecular formula is C23H32N2O5S. The summed E-state index contributed by atoms with van der Waals surface area (Å²) < 4.78 is 39.3. The van der Waals surface area contributed by atoms with Gasteiger partial charge in [0.15, 0.2) is 0 Å². The maximum absolute atomic E-state index is 13.7. The van der Waals surface area contributed by atoms with Crippen LogP contribution in [0, 0.1) is 5.92 Å². The zero-order valence-electron chi connectivity index (χ0n) is 19.0. The van der Waals surface area contributed by atoms with Crippen molar-refractivity contribution in [3.05, 3.63) is 54.4 Å². The number of hydrogen-bond acceptors (Lipinski definition) is 6. The molecule has 0 radical (unpaired) electrons. The summed E-state index contributed by atoms with van der Waals surface area (Å²) in [6.45, 7) is 9.18. The molecule has 2 rings (SSSR count). The number of nitrogens with zero attached hydrogens (tertiary/aromatic N) is 2. The Bertz CT molecular complexity index is 952. The van der Waals surface area contributed by atoms with Crippen LogP contribution in [0.5, 0.6) is 5.75 Å². The van der Waals surface area contributed by atoms with Crippen molar-refractivity contribution < 1.29 is 22.7 Å². The van der Waals surface area contributed by atoms with Gasteiger partial charge in [0.2, 0.25) is 10.0 Å². The first kappa shape index (κ1) is 24.8. The average molecular weight is 449 g/mol. The van der Waals surface area contributed by atoms with E-state index in [4.69, 9.17) is 9.47 Å². The van der Waals surface area contributed by atoms with E-state index in [2.05, 4.69) is 4.98 Å². The molecule has 0 N–H and O–H groups in total. The molecule has 1 atom stereocenters. The van der Waals surface area contributed by atoms with E-state index in [-0.39, 0.29) is 17.4 Å². The normalized spacial score (nSPS) is 13.3. The molecule has 1 heterocycles. The van der Waals surface area contributed by atoms with Crippen molar-refractivity contribution in [3.8, 4) is 5.75 Å². The minimum Gasteiger partial charge on any atom is -0.497 e. The first-order valence-electron chi connectivity index (χ1n) is 10.2. The van der Waals surface area contributed by atoms with Gasteiger partial charge in [-0.25, -0.2) is 8.42 Å². The SMILES string of the molecule is COc1ccc(S(=O)(=O)N(Cc2cccnc2)C(CC(C)C)C(=O)OC(C)(C)C)cc1. The van der Waals surface area contributed by atoms with E-state index < -0.39 is 27.6 Å². The monoisotopic (exact) mass is 448 g/mol. The Balaban J connectivity index is 2.55. The van der Waals surface area contributed by atoms with E-state index in [0.717, 1.165) is 0 Å². The van der Waals surface area contributed by atoms with Crippen molar-refractivity contribution in [3.63, 3.8) is 0 Å². The number of esters is 1. The highest BCUT2D eigenvalue weighted by Gasteiger charge is 2.38. The Kier molecular flexibility index (Phi) is 8.20. The molecule has 0 amide bonds. The summed E-state index contributed by atoms with van der Waals surface area (Å²) in [4.78, 5) is 17.3. The van der Waals surface area contributed by atoms with Crippen LogP contribution in [0.1, 0.15) is 46.6 Å². The lowest BCUT2D eigenvalue weighted by atomic mass is 10.0. The lowest BCUT2D eigenvalue weighted by molar-refractivity contribution is -0.160. The highest BCUT2D eigenvalue weighted by molar-refractivity contribution is 7.89. The highest BCUT2D eigenvalue weighted by atomic mass is 32.2. The number of aromatic nitrogens is 1. The summed E-state index contributed by atoms with van der Waals surface area (Å²) in [5.41, 5.74) is -0.0622. The van der Waals surface area contributed by atoms with E-state index in [1.165, 1.54) is 23.5 Å². The molecular weight excluding hydrogens is 416 g/mol. The van der Waals surface area contributed by atoms with Gasteiger partial charge in [-0.05, 0) is 69.0 Å². The lowest BCUT2D eigenvalue weighted by Gasteiger charge is -2.32. The van der Waals surface area contributed by atoms with Gasteiger partial charge in [0.25, 0.3) is 0 Å². The van der Waals surface area contributed by atoms with E-state index in [9.17, 15) is 13.2 Å². The van der Waals surface area contributed by atoms with E-state index in [1.54, 1.807) is 57.4 Å². The fourth-order valence-electron chi connectivity index (χ4n) is 3.07. The van der Waals surface area contributed by atoms with Crippen LogP contribution in [0.4, 0.5) is 0 Å². The lowest BCUT2D eigenvalue weighted by Crippen LogP contribution is -2.47. The quantitative estimate of drug-likeness (QED) is 0.538. The van der Waals surface area contributed by atoms with Crippen LogP contribution in [-0.4, -0.2) is 42.4 Å². The van der Waals surface area contributed by atoms with Crippen LogP contribution in [0.2, 0.25) is 0 Å². The van der Waals surface area contributed by atoms with Gasteiger partial charge >= 0.3 is 5.97 Å². The first-order chi connectivity index (χ1) is 14.4. The fourth-order valence-corrected chi connectivity index (χ4v) is 4.64. The summed E-state index contributed by atoms with van der Waals surface area (Å²) in [5, 5.41) is 0. The summed E-state index contributed by atoms with van der Waals surface area (Å²) in [6, 6.07) is 8.66. The Labute approximate surface area is 185 Å². The molecule has 0 saturated carbocycles. The van der Waals surface area contributed by atoms with Crippen molar-refractivity contribution in [2.75, 3.05) is 7.11 Å². The van der Waals surface area contributed by atoms with Crippen molar-refractivity contribution in [1.29, 1.82) is 0 Å². The molecule has 0 spiro atoms. The smallest absolute Gasteiger partial charge is 0.325 e. The zero-order valence-corrected chi connectivity index (χ0v) is 19.8. The second-order valence-corrected chi connectivity index (χ2v) is 10.7. The number of benzene rings is 1. The van der Waals surface area contributed by atoms with Gasteiger partial charge in [0.1, 0.15) is 17.4 Å². The molecule has 8 heteroatoms. The molecule has 1 aromatic heterocycles. The molecule has 0 aliphatic carbocycles. The van der Waals surface area contributed by atoms with Gasteiger partial charge < -0.3 is 9.47 Å². The third-order valence-corrected chi connectivity index (χ3v) is 6.32. The van der Waals surface area contributed by atoms with Gasteiger partial charge in [-0.15, -0.1) is 0 Å². The Hall–Kier alpha value is -2.45. The maximum atomic E-state index is 13.7. The third kappa shape index (κ3) is 7.04. The number of hydrogen-bond donors (Lipinski definition) is 0. The number of carbonyl (C=O) groups excluding carboxylic acids is 1. The van der Waals surface area contributed by atoms with Gasteiger partial charge in [-0.3, -0.25) is 9.78 Å². The molecule has 7 nitrogen and oxygen atoms in total. The fraction of sp³-hybridized carbons (Fsp3) is 0.478. The molecule has 31 heavy (non-hydrogen) atoms. The maximum Gasteiger partial charge on any atom is 0.325 e. The number of rotatable bonds is 9. The van der Waals surface area contributed by atoms with E-state index in [0.29, 0.717) is 17.7 Å². The minimum absolute atomic E-state index is 0.00116. The molecule has 1 unspecified atom stereocenters. The molecule has 0 aliphatic rings. The average Bonchev–Trinajstić information content (AvgIpc) is 2.69. The standard InChI is InChI=1S/C23H32N2O5S/c1-17(2)14-21(22(26)30-23(3,4)5)25(16-18-8-7-13-24-15-18)31(27,28)20-11-9-19(29-6)10-12-20/h7-13,15,17,21H,14,16H2,1-6H3. The Morgan fingerprint density at radius 3 is 2.26 bits per heavy atom. The predicted octanol–water partition coefficient (Wildman–Crippen LogP) is 4.04. The third-order valence-electron chi connectivity index (χ3n) is 4.45. The molecule has 0 saturated heterocycles. The molecule has 170 valence electrons. The number of ether oxygens (including phenoxy) is 2. The van der Waals surface area contributed by atoms with Crippen LogP contribution < -0.4 is 4.74 Å². The van der Waals surface area contributed by atoms with Crippen LogP contribution in [0.15, 0.2) is 53.7 Å². The predicted molar refractivity (Wildman–Crippen MR) is 119 cm³/mol. The van der Waals surface area contributed by atoms with Crippen LogP contribution in [-0.2, 0) is 26.1 Å². The van der Waals surface area contributed by atoms with Gasteiger partial charge in [-0.2, -0.15) is 4.31 Å². The van der Waals surface area contributed by atoms with Gasteiger partial charge in [0, 0.05) is 18.9 Å². The summed E-state index contributed by atoms with van der Waals surface area (Å²) >= 11 is 0. The largest absolute Gasteiger partial charge is 0.497 e. The molecule has 0 aliphatic heterocycles. The number of carbonyl (C=O) groups is 1. The summed E-state index contributed by atoms with van der Waals surface area (Å²) in [5.74, 6) is 0.0470. The molecule has 0 fully saturated rings. The van der Waals surface area contributed by atoms with Gasteiger partial charge in [0.05, 0.1) is 12.0 Å². The van der Waals surface area contributed by atoms with Crippen molar-refractivity contribution in [2.24, 2.45) is 5.92 Å². The summed E-state index contributed by atoms with van der Waals surface area (Å²) in [6.07, 6.45) is 3.54. The second-order valence-electron chi connectivity index (χ2n) is 8.77. The van der Waals surface area contributed by atoms with Crippen molar-refractivity contribution >= 4 is 16.0 Å². The van der Waals surface area contributed by atoms with E-state index in [1.807, 2.05) is 13.8 Å². The minimum atomic E-state index is -4.02. The Morgan fingerprint density at radius 2 is 1.77 bits per heavy atom. The first-order valence-corrected chi connectivity index (χ1v) is 11.7. The van der Waals surface area contributed by atoms with Gasteiger partial charge in [-0.1, -0.05) is 19.9 Å². The second kappa shape index (κ2) is 10.2. The number of sulfonamides is 1. The molecule has 0 bridgehead atoms. The van der Waals surface area contributed by atoms with E-state index >= 15 is 0 Å². The highest BCUT2D eigenvalue weighted by Crippen LogP contribution is 2.27. The van der Waals surface area contributed by atoms with Crippen LogP contribution in [0.25, 0.3) is 0 Å². The van der Waals surface area contributed by atoms with Crippen LogP contribution >= 0.6 is 0 Å². The van der Waals surface area contributed by atoms with Crippen molar-refractivity contribution in [1.82, 2.24) is 9.29 Å². The Morgan fingerprint density at radius 1 is 1.13 bits per heavy atom. The zero-order chi connectivity index (χ0) is 23.2. The van der Waals surface area contributed by atoms with Crippen molar-refractivity contribution in [2.45, 2.75) is 64.1 Å². The number of methoxy groups -OCH3 is 1. The molecule has 2 aromatic rings. The molecule has 1 aromatic carbocycles. The topological polar surface area (TPSA) is 85.8 Å². The summed E-state index contributed by atoms with van der Waals surface area (Å²) in [7, 11) is -2.51. The van der Waals surface area contributed by atoms with Crippen LogP contribution in [0.3, 0.4) is 0 Å².